The fourth-order valence-electron chi connectivity index (χ4n) is 2.61. The topological polar surface area (TPSA) is 38.3 Å². The van der Waals surface area contributed by atoms with Crippen molar-refractivity contribution < 1.29 is 9.53 Å². The zero-order valence-electron chi connectivity index (χ0n) is 14.0. The Bertz CT molecular complexity index is 857. The second kappa shape index (κ2) is 7.18. The van der Waals surface area contributed by atoms with Gasteiger partial charge in [-0.25, -0.2) is 0 Å². The Morgan fingerprint density at radius 1 is 1.00 bits per heavy atom. The molecule has 3 heteroatoms. The number of rotatable bonds is 5. The molecule has 3 nitrogen and oxygen atoms in total. The van der Waals surface area contributed by atoms with E-state index in [9.17, 15) is 4.79 Å². The summed E-state index contributed by atoms with van der Waals surface area (Å²) in [5.74, 6) is 0.622. The number of fused-ring (bicyclic) bond motifs is 1. The van der Waals surface area contributed by atoms with Crippen molar-refractivity contribution in [2.45, 2.75) is 26.5 Å². The van der Waals surface area contributed by atoms with E-state index < -0.39 is 6.10 Å². The van der Waals surface area contributed by atoms with Crippen LogP contribution in [-0.4, -0.2) is 12.0 Å². The van der Waals surface area contributed by atoms with Crippen molar-refractivity contribution >= 4 is 16.7 Å². The first-order valence-corrected chi connectivity index (χ1v) is 8.11. The molecule has 3 rings (SSSR count). The molecule has 0 saturated heterocycles. The molecule has 0 heterocycles. The van der Waals surface area contributed by atoms with Crippen LogP contribution in [0.2, 0.25) is 0 Å². The molecule has 0 saturated carbocycles. The van der Waals surface area contributed by atoms with Gasteiger partial charge in [0.15, 0.2) is 6.10 Å². The van der Waals surface area contributed by atoms with Crippen LogP contribution in [0, 0.1) is 6.92 Å². The van der Waals surface area contributed by atoms with Gasteiger partial charge < -0.3 is 10.1 Å². The minimum Gasteiger partial charge on any atom is -0.481 e. The summed E-state index contributed by atoms with van der Waals surface area (Å²) >= 11 is 0. The lowest BCUT2D eigenvalue weighted by atomic mass is 10.1. The third-order valence-electron chi connectivity index (χ3n) is 4.05. The van der Waals surface area contributed by atoms with E-state index in [4.69, 9.17) is 4.74 Å². The molecule has 0 aliphatic rings. The molecule has 0 radical (unpaired) electrons. The molecule has 0 fully saturated rings. The summed E-state index contributed by atoms with van der Waals surface area (Å²) in [5, 5.41) is 5.31. The van der Waals surface area contributed by atoms with E-state index in [0.717, 1.165) is 16.9 Å². The van der Waals surface area contributed by atoms with Crippen LogP contribution in [0.25, 0.3) is 10.8 Å². The Labute approximate surface area is 142 Å². The fraction of sp³-hybridized carbons (Fsp3) is 0.190. The van der Waals surface area contributed by atoms with Crippen molar-refractivity contribution in [3.05, 3.63) is 77.9 Å². The summed E-state index contributed by atoms with van der Waals surface area (Å²) in [6.07, 6.45) is -0.536. The molecule has 3 aromatic rings. The van der Waals surface area contributed by atoms with Crippen molar-refractivity contribution in [3.63, 3.8) is 0 Å². The van der Waals surface area contributed by atoms with Gasteiger partial charge in [-0.2, -0.15) is 0 Å². The molecular weight excluding hydrogens is 298 g/mol. The Hall–Kier alpha value is -2.81. The number of para-hydroxylation sites is 1. The van der Waals surface area contributed by atoms with Crippen LogP contribution in [-0.2, 0) is 11.3 Å². The minimum atomic E-state index is -0.536. The molecule has 0 aromatic heterocycles. The summed E-state index contributed by atoms with van der Waals surface area (Å²) < 4.78 is 5.75. The molecule has 0 spiro atoms. The first kappa shape index (κ1) is 16.1. The highest BCUT2D eigenvalue weighted by Gasteiger charge is 2.15. The van der Waals surface area contributed by atoms with Gasteiger partial charge in [0.1, 0.15) is 5.75 Å². The summed E-state index contributed by atoms with van der Waals surface area (Å²) in [4.78, 5) is 12.3. The third kappa shape index (κ3) is 3.74. The smallest absolute Gasteiger partial charge is 0.261 e. The maximum Gasteiger partial charge on any atom is 0.261 e. The average Bonchev–Trinajstić information content (AvgIpc) is 2.61. The largest absolute Gasteiger partial charge is 0.481 e. The lowest BCUT2D eigenvalue weighted by Gasteiger charge is -2.16. The van der Waals surface area contributed by atoms with Gasteiger partial charge in [0, 0.05) is 6.54 Å². The Kier molecular flexibility index (Phi) is 4.80. The lowest BCUT2D eigenvalue weighted by Crippen LogP contribution is -2.36. The summed E-state index contributed by atoms with van der Waals surface area (Å²) in [7, 11) is 0. The summed E-state index contributed by atoms with van der Waals surface area (Å²) in [6.45, 7) is 4.22. The van der Waals surface area contributed by atoms with Crippen molar-refractivity contribution in [2.24, 2.45) is 0 Å². The average molecular weight is 319 g/mol. The predicted octanol–water partition coefficient (Wildman–Crippen LogP) is 4.23. The van der Waals surface area contributed by atoms with E-state index in [0.29, 0.717) is 6.54 Å². The molecule has 122 valence electrons. The Morgan fingerprint density at radius 2 is 1.71 bits per heavy atom. The highest BCUT2D eigenvalue weighted by molar-refractivity contribution is 5.83. The van der Waals surface area contributed by atoms with Crippen LogP contribution in [0.3, 0.4) is 0 Å². The molecule has 0 bridgehead atoms. The van der Waals surface area contributed by atoms with Crippen molar-refractivity contribution in [1.82, 2.24) is 5.32 Å². The SMILES string of the molecule is Cc1ccccc1O[C@@H](C)C(=O)NCc1ccc2ccccc2c1. The van der Waals surface area contributed by atoms with Crippen LogP contribution >= 0.6 is 0 Å². The number of amides is 1. The van der Waals surface area contributed by atoms with E-state index >= 15 is 0 Å². The monoisotopic (exact) mass is 319 g/mol. The number of aryl methyl sites for hydroxylation is 1. The highest BCUT2D eigenvalue weighted by atomic mass is 16.5. The van der Waals surface area contributed by atoms with Gasteiger partial charge in [0.2, 0.25) is 0 Å². The van der Waals surface area contributed by atoms with Gasteiger partial charge in [-0.05, 0) is 47.9 Å². The number of hydrogen-bond acceptors (Lipinski definition) is 2. The van der Waals surface area contributed by atoms with E-state index in [1.165, 1.54) is 10.8 Å². The number of carbonyl (C=O) groups excluding carboxylic acids is 1. The van der Waals surface area contributed by atoms with Gasteiger partial charge in [-0.3, -0.25) is 4.79 Å². The molecule has 0 aliphatic heterocycles. The second-order valence-corrected chi connectivity index (χ2v) is 5.92. The fourth-order valence-corrected chi connectivity index (χ4v) is 2.61. The number of carbonyl (C=O) groups is 1. The van der Waals surface area contributed by atoms with Crippen LogP contribution in [0.15, 0.2) is 66.7 Å². The van der Waals surface area contributed by atoms with Gasteiger partial charge in [0.25, 0.3) is 5.91 Å². The Balaban J connectivity index is 1.60. The van der Waals surface area contributed by atoms with Crippen molar-refractivity contribution in [2.75, 3.05) is 0 Å². The van der Waals surface area contributed by atoms with Gasteiger partial charge in [-0.1, -0.05) is 54.6 Å². The molecule has 0 aliphatic carbocycles. The minimum absolute atomic E-state index is 0.119. The standard InChI is InChI=1S/C21H21NO2/c1-15-7-3-6-10-20(15)24-16(2)21(23)22-14-17-11-12-18-8-4-5-9-19(18)13-17/h3-13,16H,14H2,1-2H3,(H,22,23)/t16-/m0/s1. The van der Waals surface area contributed by atoms with E-state index in [2.05, 4.69) is 29.6 Å². The molecule has 1 amide bonds. The molecule has 1 atom stereocenters. The predicted molar refractivity (Wildman–Crippen MR) is 97.1 cm³/mol. The van der Waals surface area contributed by atoms with E-state index in [1.807, 2.05) is 49.4 Å². The number of ether oxygens (including phenoxy) is 1. The zero-order valence-corrected chi connectivity index (χ0v) is 14.0. The van der Waals surface area contributed by atoms with Crippen LogP contribution in [0.4, 0.5) is 0 Å². The summed E-state index contributed by atoms with van der Waals surface area (Å²) in [6, 6.07) is 22.1. The molecule has 1 N–H and O–H groups in total. The lowest BCUT2D eigenvalue weighted by molar-refractivity contribution is -0.127. The van der Waals surface area contributed by atoms with Crippen molar-refractivity contribution in [3.8, 4) is 5.75 Å². The van der Waals surface area contributed by atoms with E-state index in [-0.39, 0.29) is 5.91 Å². The van der Waals surface area contributed by atoms with E-state index in [1.54, 1.807) is 6.92 Å². The summed E-state index contributed by atoms with van der Waals surface area (Å²) in [5.41, 5.74) is 2.09. The van der Waals surface area contributed by atoms with Gasteiger partial charge in [-0.15, -0.1) is 0 Å². The number of nitrogens with one attached hydrogen (secondary N) is 1. The normalized spacial score (nSPS) is 11.9. The molecule has 3 aromatic carbocycles. The Morgan fingerprint density at radius 3 is 2.50 bits per heavy atom. The molecule has 24 heavy (non-hydrogen) atoms. The van der Waals surface area contributed by atoms with Crippen molar-refractivity contribution in [1.29, 1.82) is 0 Å². The second-order valence-electron chi connectivity index (χ2n) is 5.92. The number of benzene rings is 3. The zero-order chi connectivity index (χ0) is 16.9. The van der Waals surface area contributed by atoms with Crippen LogP contribution in [0.5, 0.6) is 5.75 Å². The van der Waals surface area contributed by atoms with Crippen LogP contribution < -0.4 is 10.1 Å². The first-order chi connectivity index (χ1) is 11.6. The molecule has 0 unspecified atom stereocenters. The first-order valence-electron chi connectivity index (χ1n) is 8.11. The van der Waals surface area contributed by atoms with Gasteiger partial charge in [0.05, 0.1) is 0 Å². The van der Waals surface area contributed by atoms with Crippen LogP contribution in [0.1, 0.15) is 18.1 Å². The quantitative estimate of drug-likeness (QED) is 0.764. The molecular formula is C21H21NO2. The third-order valence-corrected chi connectivity index (χ3v) is 4.05. The maximum absolute atomic E-state index is 12.3. The highest BCUT2D eigenvalue weighted by Crippen LogP contribution is 2.18. The van der Waals surface area contributed by atoms with Gasteiger partial charge >= 0.3 is 0 Å². The maximum atomic E-state index is 12.3. The number of hydrogen-bond donors (Lipinski definition) is 1.